The summed E-state index contributed by atoms with van der Waals surface area (Å²) >= 11 is 0. The maximum atomic E-state index is 12.4. The van der Waals surface area contributed by atoms with E-state index in [-0.39, 0.29) is 4.90 Å². The van der Waals surface area contributed by atoms with Crippen LogP contribution in [0.4, 0.5) is 5.69 Å². The predicted molar refractivity (Wildman–Crippen MR) is 122 cm³/mol. The zero-order valence-electron chi connectivity index (χ0n) is 18.1. The van der Waals surface area contributed by atoms with Crippen molar-refractivity contribution in [1.82, 2.24) is 5.32 Å². The van der Waals surface area contributed by atoms with Crippen LogP contribution >= 0.6 is 0 Å². The normalized spacial score (nSPS) is 28.6. The molecule has 2 fully saturated rings. The molecule has 2 aromatic carbocycles. The summed E-state index contributed by atoms with van der Waals surface area (Å²) in [6.45, 7) is 1.90. The van der Waals surface area contributed by atoms with Gasteiger partial charge in [-0.3, -0.25) is 14.7 Å². The number of para-hydroxylation sites is 1. The van der Waals surface area contributed by atoms with Gasteiger partial charge in [0.2, 0.25) is 5.91 Å². The molecule has 2 heterocycles. The lowest BCUT2D eigenvalue weighted by Crippen LogP contribution is -2.58. The van der Waals surface area contributed by atoms with Crippen LogP contribution in [0.15, 0.2) is 47.4 Å². The van der Waals surface area contributed by atoms with Crippen LogP contribution in [-0.2, 0) is 20.3 Å². The lowest BCUT2D eigenvalue weighted by Gasteiger charge is -2.49. The molecule has 7 nitrogen and oxygen atoms in total. The Balaban J connectivity index is 1.80. The number of amides is 1. The Hall–Kier alpha value is -2.42. The van der Waals surface area contributed by atoms with Crippen molar-refractivity contribution >= 4 is 21.7 Å². The standard InChI is InChI=1S/C24H29N3O4S/c1-15-9-10-20(32(29,30)31)16(13-15)21-24(17-7-3-4-8-18(17)26-21)14-19(22(25)28)27-23(24)11-5-2-6-12-23/h3-4,7-10,13,19,21,26-27H,2,5-6,11-12,14H2,1H3,(H2,25,28)(H,29,30,31). The van der Waals surface area contributed by atoms with Crippen molar-refractivity contribution in [2.75, 3.05) is 5.32 Å². The molecular formula is C24H29N3O4S. The Kier molecular flexibility index (Phi) is 4.89. The summed E-state index contributed by atoms with van der Waals surface area (Å²) in [5.74, 6) is -0.394. The van der Waals surface area contributed by atoms with Crippen LogP contribution in [0.2, 0.25) is 0 Å². The van der Waals surface area contributed by atoms with Crippen LogP contribution in [0.3, 0.4) is 0 Å². The van der Waals surface area contributed by atoms with E-state index in [0.29, 0.717) is 12.0 Å². The number of aryl methyl sites for hydroxylation is 1. The van der Waals surface area contributed by atoms with Crippen molar-refractivity contribution in [2.24, 2.45) is 5.73 Å². The highest BCUT2D eigenvalue weighted by molar-refractivity contribution is 7.85. The highest BCUT2D eigenvalue weighted by atomic mass is 32.2. The average molecular weight is 456 g/mol. The van der Waals surface area contributed by atoms with E-state index in [0.717, 1.165) is 48.9 Å². The molecule has 3 unspecified atom stereocenters. The minimum absolute atomic E-state index is 0.0961. The first-order chi connectivity index (χ1) is 15.2. The number of carbonyl (C=O) groups excluding carboxylic acids is 1. The van der Waals surface area contributed by atoms with E-state index in [9.17, 15) is 17.8 Å². The van der Waals surface area contributed by atoms with Crippen LogP contribution < -0.4 is 16.4 Å². The zero-order chi connectivity index (χ0) is 22.7. The molecule has 1 saturated heterocycles. The Morgan fingerprint density at radius 2 is 1.84 bits per heavy atom. The van der Waals surface area contributed by atoms with Crippen molar-refractivity contribution < 1.29 is 17.8 Å². The van der Waals surface area contributed by atoms with E-state index in [1.54, 1.807) is 6.07 Å². The van der Waals surface area contributed by atoms with E-state index >= 15 is 0 Å². The fourth-order valence-corrected chi connectivity index (χ4v) is 7.33. The minimum atomic E-state index is -4.45. The maximum Gasteiger partial charge on any atom is 0.294 e. The first kappa shape index (κ1) is 21.4. The minimum Gasteiger partial charge on any atom is -0.377 e. The van der Waals surface area contributed by atoms with Crippen LogP contribution in [-0.4, -0.2) is 30.5 Å². The molecule has 1 aliphatic carbocycles. The third-order valence-electron chi connectivity index (χ3n) is 7.84. The number of hydrogen-bond acceptors (Lipinski definition) is 5. The van der Waals surface area contributed by atoms with E-state index in [4.69, 9.17) is 5.73 Å². The third-order valence-corrected chi connectivity index (χ3v) is 8.76. The van der Waals surface area contributed by atoms with Gasteiger partial charge in [0.15, 0.2) is 0 Å². The number of anilines is 1. The SMILES string of the molecule is Cc1ccc(S(=O)(=O)O)c(C2Nc3ccccc3C23CC(C(N)=O)NC32CCCCC2)c1. The molecule has 8 heteroatoms. The van der Waals surface area contributed by atoms with E-state index in [1.165, 1.54) is 6.07 Å². The second kappa shape index (κ2) is 7.30. The molecule has 0 aromatic heterocycles. The van der Waals surface area contributed by atoms with Crippen LogP contribution in [0.25, 0.3) is 0 Å². The summed E-state index contributed by atoms with van der Waals surface area (Å²) in [5.41, 5.74) is 8.24. The second-order valence-electron chi connectivity index (χ2n) is 9.56. The molecule has 3 aliphatic rings. The Labute approximate surface area is 188 Å². The summed E-state index contributed by atoms with van der Waals surface area (Å²) in [6.07, 6.45) is 5.38. The second-order valence-corrected chi connectivity index (χ2v) is 10.9. The van der Waals surface area contributed by atoms with E-state index < -0.39 is 39.1 Å². The van der Waals surface area contributed by atoms with Crippen molar-refractivity contribution in [3.05, 3.63) is 59.2 Å². The van der Waals surface area contributed by atoms with E-state index in [1.807, 2.05) is 31.2 Å². The van der Waals surface area contributed by atoms with Gasteiger partial charge in [0.25, 0.3) is 10.1 Å². The van der Waals surface area contributed by atoms with Gasteiger partial charge in [0, 0.05) is 16.6 Å². The largest absolute Gasteiger partial charge is 0.377 e. The Morgan fingerprint density at radius 3 is 2.53 bits per heavy atom. The molecule has 0 bridgehead atoms. The van der Waals surface area contributed by atoms with Crippen LogP contribution in [0, 0.1) is 6.92 Å². The van der Waals surface area contributed by atoms with Gasteiger partial charge in [-0.1, -0.05) is 55.2 Å². The van der Waals surface area contributed by atoms with Gasteiger partial charge in [0.05, 0.1) is 17.0 Å². The number of nitrogens with two attached hydrogens (primary N) is 1. The molecule has 32 heavy (non-hydrogen) atoms. The van der Waals surface area contributed by atoms with Gasteiger partial charge in [-0.05, 0) is 49.4 Å². The molecule has 1 saturated carbocycles. The first-order valence-corrected chi connectivity index (χ1v) is 12.6. The average Bonchev–Trinajstić information content (AvgIpc) is 3.25. The van der Waals surface area contributed by atoms with Crippen molar-refractivity contribution in [3.8, 4) is 0 Å². The number of rotatable bonds is 3. The van der Waals surface area contributed by atoms with Gasteiger partial charge >= 0.3 is 0 Å². The van der Waals surface area contributed by atoms with Gasteiger partial charge < -0.3 is 11.1 Å². The Bertz CT molecular complexity index is 1190. The van der Waals surface area contributed by atoms with Gasteiger partial charge in [-0.2, -0.15) is 8.42 Å². The topological polar surface area (TPSA) is 122 Å². The first-order valence-electron chi connectivity index (χ1n) is 11.2. The fourth-order valence-electron chi connectivity index (χ4n) is 6.61. The molecule has 0 radical (unpaired) electrons. The number of hydrogen-bond donors (Lipinski definition) is 4. The maximum absolute atomic E-state index is 12.4. The molecule has 5 N–H and O–H groups in total. The van der Waals surface area contributed by atoms with Crippen molar-refractivity contribution in [3.63, 3.8) is 0 Å². The summed E-state index contributed by atoms with van der Waals surface area (Å²) in [5, 5.41) is 7.21. The Morgan fingerprint density at radius 1 is 1.12 bits per heavy atom. The quantitative estimate of drug-likeness (QED) is 0.528. The highest BCUT2D eigenvalue weighted by Crippen LogP contribution is 2.63. The number of primary amides is 1. The zero-order valence-corrected chi connectivity index (χ0v) is 18.9. The van der Waals surface area contributed by atoms with E-state index in [2.05, 4.69) is 16.7 Å². The summed E-state index contributed by atoms with van der Waals surface area (Å²) < 4.78 is 34.8. The van der Waals surface area contributed by atoms with Gasteiger partial charge in [-0.25, -0.2) is 0 Å². The fraction of sp³-hybridized carbons (Fsp3) is 0.458. The van der Waals surface area contributed by atoms with Gasteiger partial charge in [-0.15, -0.1) is 0 Å². The third kappa shape index (κ3) is 3.00. The smallest absolute Gasteiger partial charge is 0.294 e. The van der Waals surface area contributed by atoms with Gasteiger partial charge in [0.1, 0.15) is 0 Å². The monoisotopic (exact) mass is 455 g/mol. The number of benzene rings is 2. The molecular weight excluding hydrogens is 426 g/mol. The molecule has 2 aromatic rings. The summed E-state index contributed by atoms with van der Waals surface area (Å²) in [6, 6.07) is 12.1. The lowest BCUT2D eigenvalue weighted by molar-refractivity contribution is -0.119. The number of nitrogens with one attached hydrogen (secondary N) is 2. The molecule has 170 valence electrons. The summed E-state index contributed by atoms with van der Waals surface area (Å²) in [4.78, 5) is 12.3. The molecule has 3 atom stereocenters. The number of carbonyl (C=O) groups is 1. The summed E-state index contributed by atoms with van der Waals surface area (Å²) in [7, 11) is -4.45. The molecule has 2 spiro atoms. The highest BCUT2D eigenvalue weighted by Gasteiger charge is 2.66. The van der Waals surface area contributed by atoms with Crippen LogP contribution in [0.1, 0.15) is 61.3 Å². The predicted octanol–water partition coefficient (Wildman–Crippen LogP) is 3.20. The lowest BCUT2D eigenvalue weighted by atomic mass is 9.57. The van der Waals surface area contributed by atoms with Crippen molar-refractivity contribution in [1.29, 1.82) is 0 Å². The van der Waals surface area contributed by atoms with Crippen molar-refractivity contribution in [2.45, 2.75) is 73.4 Å². The molecule has 5 rings (SSSR count). The van der Waals surface area contributed by atoms with Crippen LogP contribution in [0.5, 0.6) is 0 Å². The molecule has 2 aliphatic heterocycles. The molecule has 1 amide bonds. The number of fused-ring (bicyclic) bond motifs is 3.